The molecule has 0 aliphatic carbocycles. The maximum absolute atomic E-state index is 12.1. The summed E-state index contributed by atoms with van der Waals surface area (Å²) in [6.45, 7) is 1.79. The topological polar surface area (TPSA) is 37.9 Å². The molecule has 0 aliphatic heterocycles. The Balaban J connectivity index is 2.40. The lowest BCUT2D eigenvalue weighted by molar-refractivity contribution is -0.274. The molecule has 2 rings (SSSR count). The molecule has 0 saturated heterocycles. The van der Waals surface area contributed by atoms with Gasteiger partial charge in [0.25, 0.3) is 0 Å². The first-order chi connectivity index (χ1) is 8.83. The SMILES string of the molecule is Cc1cc(-c2cccc(OC(F)(F)F)c2)nc(=S)[nH]1. The van der Waals surface area contributed by atoms with E-state index < -0.39 is 6.36 Å². The molecule has 1 heterocycles. The summed E-state index contributed by atoms with van der Waals surface area (Å²) < 4.78 is 40.6. The van der Waals surface area contributed by atoms with Gasteiger partial charge >= 0.3 is 6.36 Å². The van der Waals surface area contributed by atoms with Crippen molar-refractivity contribution in [3.8, 4) is 17.0 Å². The number of aryl methyl sites for hydroxylation is 1. The molecule has 0 amide bonds. The Labute approximate surface area is 112 Å². The number of aromatic nitrogens is 2. The van der Waals surface area contributed by atoms with Gasteiger partial charge in [-0.2, -0.15) is 0 Å². The van der Waals surface area contributed by atoms with Gasteiger partial charge in [0.05, 0.1) is 5.69 Å². The number of halogens is 3. The summed E-state index contributed by atoms with van der Waals surface area (Å²) in [5.74, 6) is -0.289. The molecule has 100 valence electrons. The molecular formula is C12H9F3N2OS. The van der Waals surface area contributed by atoms with E-state index in [1.165, 1.54) is 18.2 Å². The minimum atomic E-state index is -4.71. The number of ether oxygens (including phenoxy) is 1. The molecule has 0 bridgehead atoms. The molecule has 7 heteroatoms. The number of nitrogens with zero attached hydrogens (tertiary/aromatic N) is 1. The average molecular weight is 286 g/mol. The highest BCUT2D eigenvalue weighted by Crippen LogP contribution is 2.27. The second-order valence-corrected chi connectivity index (χ2v) is 4.22. The Morgan fingerprint density at radius 2 is 2.00 bits per heavy atom. The van der Waals surface area contributed by atoms with Gasteiger partial charge in [-0.25, -0.2) is 4.98 Å². The van der Waals surface area contributed by atoms with E-state index in [4.69, 9.17) is 12.2 Å². The lowest BCUT2D eigenvalue weighted by atomic mass is 10.1. The summed E-state index contributed by atoms with van der Waals surface area (Å²) in [7, 11) is 0. The van der Waals surface area contributed by atoms with Crippen molar-refractivity contribution in [2.24, 2.45) is 0 Å². The predicted molar refractivity (Wildman–Crippen MR) is 66.3 cm³/mol. The zero-order valence-corrected chi connectivity index (χ0v) is 10.6. The fourth-order valence-corrected chi connectivity index (χ4v) is 1.84. The number of alkyl halides is 3. The van der Waals surface area contributed by atoms with Crippen LogP contribution >= 0.6 is 12.2 Å². The Bertz CT molecular complexity index is 652. The maximum atomic E-state index is 12.1. The van der Waals surface area contributed by atoms with Crippen LogP contribution in [-0.4, -0.2) is 16.3 Å². The van der Waals surface area contributed by atoms with Gasteiger partial charge in [-0.15, -0.1) is 13.2 Å². The molecule has 2 aromatic rings. The second-order valence-electron chi connectivity index (χ2n) is 3.83. The van der Waals surface area contributed by atoms with Crippen molar-refractivity contribution in [3.63, 3.8) is 0 Å². The highest BCUT2D eigenvalue weighted by molar-refractivity contribution is 7.71. The van der Waals surface area contributed by atoms with Gasteiger partial charge in [0.15, 0.2) is 4.77 Å². The van der Waals surface area contributed by atoms with E-state index in [-0.39, 0.29) is 10.5 Å². The van der Waals surface area contributed by atoms with E-state index in [0.29, 0.717) is 11.3 Å². The number of benzene rings is 1. The molecule has 1 N–H and O–H groups in total. The highest BCUT2D eigenvalue weighted by atomic mass is 32.1. The number of nitrogens with one attached hydrogen (secondary N) is 1. The van der Waals surface area contributed by atoms with Crippen LogP contribution in [0.25, 0.3) is 11.3 Å². The van der Waals surface area contributed by atoms with Crippen molar-refractivity contribution in [1.82, 2.24) is 9.97 Å². The van der Waals surface area contributed by atoms with E-state index in [9.17, 15) is 13.2 Å². The van der Waals surface area contributed by atoms with Crippen LogP contribution in [-0.2, 0) is 0 Å². The highest BCUT2D eigenvalue weighted by Gasteiger charge is 2.31. The third-order valence-corrected chi connectivity index (χ3v) is 2.44. The van der Waals surface area contributed by atoms with Gasteiger partial charge in [-0.1, -0.05) is 12.1 Å². The Morgan fingerprint density at radius 1 is 1.26 bits per heavy atom. The van der Waals surface area contributed by atoms with E-state index in [0.717, 1.165) is 5.69 Å². The molecule has 0 radical (unpaired) electrons. The summed E-state index contributed by atoms with van der Waals surface area (Å²) >= 11 is 4.93. The molecular weight excluding hydrogens is 277 g/mol. The fourth-order valence-electron chi connectivity index (χ4n) is 1.58. The van der Waals surface area contributed by atoms with Crippen LogP contribution in [0.5, 0.6) is 5.75 Å². The monoisotopic (exact) mass is 286 g/mol. The number of aromatic amines is 1. The van der Waals surface area contributed by atoms with Crippen molar-refractivity contribution < 1.29 is 17.9 Å². The molecule has 19 heavy (non-hydrogen) atoms. The van der Waals surface area contributed by atoms with Crippen LogP contribution < -0.4 is 4.74 Å². The molecule has 1 aromatic carbocycles. The normalized spacial score (nSPS) is 11.4. The second kappa shape index (κ2) is 5.00. The molecule has 1 aromatic heterocycles. The maximum Gasteiger partial charge on any atom is 0.573 e. The predicted octanol–water partition coefficient (Wildman–Crippen LogP) is 4.01. The van der Waals surface area contributed by atoms with Crippen LogP contribution in [0.3, 0.4) is 0 Å². The van der Waals surface area contributed by atoms with Crippen LogP contribution in [0, 0.1) is 11.7 Å². The van der Waals surface area contributed by atoms with Crippen molar-refractivity contribution in [3.05, 3.63) is 40.8 Å². The Hall–Kier alpha value is -1.89. The standard InChI is InChI=1S/C12H9F3N2OS/c1-7-5-10(17-11(19)16-7)8-3-2-4-9(6-8)18-12(13,14)15/h2-6H,1H3,(H,16,17,19). The minimum absolute atomic E-state index is 0.275. The smallest absolute Gasteiger partial charge is 0.406 e. The Morgan fingerprint density at radius 3 is 2.63 bits per heavy atom. The fraction of sp³-hybridized carbons (Fsp3) is 0.167. The number of rotatable bonds is 2. The third kappa shape index (κ3) is 3.78. The lowest BCUT2D eigenvalue weighted by Gasteiger charge is -2.10. The van der Waals surface area contributed by atoms with Gasteiger partial charge in [0.1, 0.15) is 5.75 Å². The number of H-pyrrole nitrogens is 1. The summed E-state index contributed by atoms with van der Waals surface area (Å²) in [5.41, 5.74) is 1.77. The van der Waals surface area contributed by atoms with E-state index in [1.807, 2.05) is 0 Å². The van der Waals surface area contributed by atoms with E-state index in [1.54, 1.807) is 19.1 Å². The van der Waals surface area contributed by atoms with Crippen LogP contribution in [0.2, 0.25) is 0 Å². The van der Waals surface area contributed by atoms with E-state index in [2.05, 4.69) is 14.7 Å². The quantitative estimate of drug-likeness (QED) is 0.847. The summed E-state index contributed by atoms with van der Waals surface area (Å²) in [4.78, 5) is 6.89. The van der Waals surface area contributed by atoms with Gasteiger partial charge in [0.2, 0.25) is 0 Å². The lowest BCUT2D eigenvalue weighted by Crippen LogP contribution is -2.17. The number of hydrogen-bond acceptors (Lipinski definition) is 3. The molecule has 0 saturated carbocycles. The first-order valence-electron chi connectivity index (χ1n) is 5.28. The third-order valence-electron chi connectivity index (χ3n) is 2.24. The first kappa shape index (κ1) is 13.5. The summed E-state index contributed by atoms with van der Waals surface area (Å²) in [6, 6.07) is 7.30. The molecule has 0 spiro atoms. The Kier molecular flexibility index (Phi) is 3.57. The van der Waals surface area contributed by atoms with Crippen LogP contribution in [0.15, 0.2) is 30.3 Å². The summed E-state index contributed by atoms with van der Waals surface area (Å²) in [6.07, 6.45) is -4.71. The zero-order valence-electron chi connectivity index (χ0n) is 9.78. The zero-order chi connectivity index (χ0) is 14.0. The first-order valence-corrected chi connectivity index (χ1v) is 5.68. The van der Waals surface area contributed by atoms with Gasteiger partial charge in [-0.3, -0.25) is 0 Å². The van der Waals surface area contributed by atoms with E-state index >= 15 is 0 Å². The van der Waals surface area contributed by atoms with Gasteiger partial charge < -0.3 is 9.72 Å². The van der Waals surface area contributed by atoms with Crippen LogP contribution in [0.4, 0.5) is 13.2 Å². The molecule has 3 nitrogen and oxygen atoms in total. The summed E-state index contributed by atoms with van der Waals surface area (Å²) in [5, 5.41) is 0. The molecule has 0 atom stereocenters. The molecule has 0 unspecified atom stereocenters. The van der Waals surface area contributed by atoms with Gasteiger partial charge in [0, 0.05) is 11.3 Å². The van der Waals surface area contributed by atoms with Crippen molar-refractivity contribution in [1.29, 1.82) is 0 Å². The van der Waals surface area contributed by atoms with Crippen LogP contribution in [0.1, 0.15) is 5.69 Å². The number of hydrogen-bond donors (Lipinski definition) is 1. The molecule has 0 aliphatic rings. The minimum Gasteiger partial charge on any atom is -0.406 e. The van der Waals surface area contributed by atoms with Crippen molar-refractivity contribution in [2.75, 3.05) is 0 Å². The van der Waals surface area contributed by atoms with Crippen molar-refractivity contribution in [2.45, 2.75) is 13.3 Å². The van der Waals surface area contributed by atoms with Crippen molar-refractivity contribution >= 4 is 12.2 Å². The largest absolute Gasteiger partial charge is 0.573 e. The van der Waals surface area contributed by atoms with Gasteiger partial charge in [-0.05, 0) is 37.3 Å². The average Bonchev–Trinajstić information content (AvgIpc) is 2.25. The molecule has 0 fully saturated rings.